The van der Waals surface area contributed by atoms with E-state index in [1.54, 1.807) is 18.2 Å². The summed E-state index contributed by atoms with van der Waals surface area (Å²) in [5.41, 5.74) is 0.429. The molecule has 1 atom stereocenters. The molecule has 3 nitrogen and oxygen atoms in total. The molecule has 1 aromatic carbocycles. The van der Waals surface area contributed by atoms with E-state index >= 15 is 0 Å². The summed E-state index contributed by atoms with van der Waals surface area (Å²) in [7, 11) is 0. The molecule has 0 saturated carbocycles. The molecule has 1 aliphatic rings. The number of halogens is 1. The zero-order chi connectivity index (χ0) is 12.1. The van der Waals surface area contributed by atoms with Crippen molar-refractivity contribution in [1.82, 2.24) is 5.32 Å². The molecule has 0 radical (unpaired) electrons. The predicted octanol–water partition coefficient (Wildman–Crippen LogP) is 2.59. The second-order valence-corrected chi connectivity index (χ2v) is 4.66. The second kappa shape index (κ2) is 5.90. The molecular weight excluding hydrogens is 236 g/mol. The van der Waals surface area contributed by atoms with Gasteiger partial charge in [-0.3, -0.25) is 0 Å². The predicted molar refractivity (Wildman–Crippen MR) is 67.3 cm³/mol. The first-order valence-corrected chi connectivity index (χ1v) is 6.21. The van der Waals surface area contributed by atoms with Crippen LogP contribution in [0.15, 0.2) is 18.2 Å². The zero-order valence-electron chi connectivity index (χ0n) is 9.58. The lowest BCUT2D eigenvalue weighted by Crippen LogP contribution is -2.33. The molecule has 1 unspecified atom stereocenters. The molecule has 90 valence electrons. The molecule has 0 amide bonds. The van der Waals surface area contributed by atoms with Crippen LogP contribution in [0.4, 0.5) is 0 Å². The third-order valence-corrected chi connectivity index (χ3v) is 3.28. The molecule has 1 saturated heterocycles. The lowest BCUT2D eigenvalue weighted by atomic mass is 10.0. The molecule has 1 aliphatic heterocycles. The monoisotopic (exact) mass is 250 g/mol. The van der Waals surface area contributed by atoms with E-state index in [0.29, 0.717) is 28.9 Å². The summed E-state index contributed by atoms with van der Waals surface area (Å²) in [6.45, 7) is 2.72. The number of hydrogen-bond acceptors (Lipinski definition) is 3. The van der Waals surface area contributed by atoms with Crippen molar-refractivity contribution in [3.05, 3.63) is 28.8 Å². The SMILES string of the molecule is N#Cc1c(Cl)cccc1OCC1CCCNC1. The highest BCUT2D eigenvalue weighted by Gasteiger charge is 2.15. The smallest absolute Gasteiger partial charge is 0.138 e. The first kappa shape index (κ1) is 12.2. The first-order valence-electron chi connectivity index (χ1n) is 5.83. The van der Waals surface area contributed by atoms with Crippen molar-refractivity contribution >= 4 is 11.6 Å². The Kier molecular flexibility index (Phi) is 4.24. The van der Waals surface area contributed by atoms with Crippen LogP contribution in [-0.4, -0.2) is 19.7 Å². The van der Waals surface area contributed by atoms with Gasteiger partial charge in [0.2, 0.25) is 0 Å². The van der Waals surface area contributed by atoms with Crippen LogP contribution in [0.1, 0.15) is 18.4 Å². The molecule has 4 heteroatoms. The number of benzene rings is 1. The first-order chi connectivity index (χ1) is 8.31. The molecule has 17 heavy (non-hydrogen) atoms. The Labute approximate surface area is 106 Å². The molecule has 1 fully saturated rings. The summed E-state index contributed by atoms with van der Waals surface area (Å²) in [4.78, 5) is 0. The zero-order valence-corrected chi connectivity index (χ0v) is 10.3. The fourth-order valence-electron chi connectivity index (χ4n) is 2.01. The lowest BCUT2D eigenvalue weighted by molar-refractivity contribution is 0.218. The standard InChI is InChI=1S/C13H15ClN2O/c14-12-4-1-5-13(11(12)7-15)17-9-10-3-2-6-16-8-10/h1,4-5,10,16H,2-3,6,8-9H2. The summed E-state index contributed by atoms with van der Waals surface area (Å²) in [5, 5.41) is 12.8. The van der Waals surface area contributed by atoms with Crippen LogP contribution in [0.2, 0.25) is 5.02 Å². The van der Waals surface area contributed by atoms with E-state index in [4.69, 9.17) is 21.6 Å². The van der Waals surface area contributed by atoms with E-state index in [2.05, 4.69) is 11.4 Å². The third kappa shape index (κ3) is 3.12. The topological polar surface area (TPSA) is 45.0 Å². The Morgan fingerprint density at radius 2 is 2.41 bits per heavy atom. The maximum Gasteiger partial charge on any atom is 0.138 e. The Bertz CT molecular complexity index is 422. The van der Waals surface area contributed by atoms with E-state index < -0.39 is 0 Å². The van der Waals surface area contributed by atoms with Crippen molar-refractivity contribution in [2.75, 3.05) is 19.7 Å². The van der Waals surface area contributed by atoms with Gasteiger partial charge in [-0.15, -0.1) is 0 Å². The van der Waals surface area contributed by atoms with Gasteiger partial charge in [0, 0.05) is 12.5 Å². The highest BCUT2D eigenvalue weighted by molar-refractivity contribution is 6.31. The maximum absolute atomic E-state index is 9.01. The molecule has 0 spiro atoms. The molecular formula is C13H15ClN2O. The number of nitriles is 1. The number of piperidine rings is 1. The van der Waals surface area contributed by atoms with Crippen LogP contribution in [0.5, 0.6) is 5.75 Å². The number of nitrogens with zero attached hydrogens (tertiary/aromatic N) is 1. The van der Waals surface area contributed by atoms with Crippen LogP contribution < -0.4 is 10.1 Å². The summed E-state index contributed by atoms with van der Waals surface area (Å²) in [6.07, 6.45) is 2.37. The van der Waals surface area contributed by atoms with Crippen molar-refractivity contribution < 1.29 is 4.74 Å². The molecule has 0 aliphatic carbocycles. The molecule has 0 bridgehead atoms. The highest BCUT2D eigenvalue weighted by Crippen LogP contribution is 2.26. The van der Waals surface area contributed by atoms with Crippen LogP contribution in [0.25, 0.3) is 0 Å². The molecule has 1 N–H and O–H groups in total. The highest BCUT2D eigenvalue weighted by atomic mass is 35.5. The Hall–Kier alpha value is -1.24. The third-order valence-electron chi connectivity index (χ3n) is 2.96. The van der Waals surface area contributed by atoms with E-state index in [0.717, 1.165) is 13.1 Å². The van der Waals surface area contributed by atoms with Gasteiger partial charge in [0.15, 0.2) is 0 Å². The lowest BCUT2D eigenvalue weighted by Gasteiger charge is -2.23. The van der Waals surface area contributed by atoms with Gasteiger partial charge in [0.25, 0.3) is 0 Å². The number of ether oxygens (including phenoxy) is 1. The van der Waals surface area contributed by atoms with Gasteiger partial charge in [0.1, 0.15) is 17.4 Å². The van der Waals surface area contributed by atoms with Gasteiger partial charge in [-0.05, 0) is 31.5 Å². The van der Waals surface area contributed by atoms with Gasteiger partial charge in [-0.25, -0.2) is 0 Å². The maximum atomic E-state index is 9.01. The fourth-order valence-corrected chi connectivity index (χ4v) is 2.22. The van der Waals surface area contributed by atoms with Gasteiger partial charge >= 0.3 is 0 Å². The molecule has 1 heterocycles. The Morgan fingerprint density at radius 1 is 1.53 bits per heavy atom. The van der Waals surface area contributed by atoms with Crippen molar-refractivity contribution in [1.29, 1.82) is 5.26 Å². The van der Waals surface area contributed by atoms with E-state index in [9.17, 15) is 0 Å². The number of hydrogen-bond donors (Lipinski definition) is 1. The van der Waals surface area contributed by atoms with E-state index in [1.807, 2.05) is 0 Å². The van der Waals surface area contributed by atoms with Crippen molar-refractivity contribution in [2.45, 2.75) is 12.8 Å². The Balaban J connectivity index is 1.99. The Morgan fingerprint density at radius 3 is 3.12 bits per heavy atom. The van der Waals surface area contributed by atoms with E-state index in [1.165, 1.54) is 12.8 Å². The minimum atomic E-state index is 0.429. The average molecular weight is 251 g/mol. The van der Waals surface area contributed by atoms with Crippen molar-refractivity contribution in [3.63, 3.8) is 0 Å². The fraction of sp³-hybridized carbons (Fsp3) is 0.462. The van der Waals surface area contributed by atoms with Crippen LogP contribution >= 0.6 is 11.6 Å². The summed E-state index contributed by atoms with van der Waals surface area (Å²) >= 11 is 5.94. The summed E-state index contributed by atoms with van der Waals surface area (Å²) in [6, 6.07) is 7.38. The quantitative estimate of drug-likeness (QED) is 0.897. The number of nitrogens with one attached hydrogen (secondary N) is 1. The molecule has 2 rings (SSSR count). The van der Waals surface area contributed by atoms with Gasteiger partial charge < -0.3 is 10.1 Å². The van der Waals surface area contributed by atoms with Crippen molar-refractivity contribution in [3.8, 4) is 11.8 Å². The van der Waals surface area contributed by atoms with Crippen LogP contribution in [0, 0.1) is 17.2 Å². The van der Waals surface area contributed by atoms with Gasteiger partial charge in [0.05, 0.1) is 11.6 Å². The summed E-state index contributed by atoms with van der Waals surface area (Å²) in [5.74, 6) is 1.11. The number of rotatable bonds is 3. The van der Waals surface area contributed by atoms with Gasteiger partial charge in [-0.2, -0.15) is 5.26 Å². The normalized spacial score (nSPS) is 19.6. The largest absolute Gasteiger partial charge is 0.492 e. The molecule has 1 aromatic rings. The minimum Gasteiger partial charge on any atom is -0.492 e. The van der Waals surface area contributed by atoms with E-state index in [-0.39, 0.29) is 0 Å². The van der Waals surface area contributed by atoms with Crippen LogP contribution in [0.3, 0.4) is 0 Å². The second-order valence-electron chi connectivity index (χ2n) is 4.25. The average Bonchev–Trinajstić information content (AvgIpc) is 2.37. The minimum absolute atomic E-state index is 0.429. The van der Waals surface area contributed by atoms with Crippen LogP contribution in [-0.2, 0) is 0 Å². The van der Waals surface area contributed by atoms with Crippen molar-refractivity contribution in [2.24, 2.45) is 5.92 Å². The molecule has 0 aromatic heterocycles. The summed E-state index contributed by atoms with van der Waals surface area (Å²) < 4.78 is 5.70. The van der Waals surface area contributed by atoms with Gasteiger partial charge in [-0.1, -0.05) is 17.7 Å².